The number of aromatic hydroxyl groups is 1. The first-order valence-corrected chi connectivity index (χ1v) is 11.9. The highest BCUT2D eigenvalue weighted by Gasteiger charge is 2.26. The second-order valence-electron chi connectivity index (χ2n) is 8.91. The van der Waals surface area contributed by atoms with Crippen molar-refractivity contribution in [3.05, 3.63) is 47.1 Å². The third kappa shape index (κ3) is 9.49. The van der Waals surface area contributed by atoms with Crippen LogP contribution in [0, 0.1) is 0 Å². The van der Waals surface area contributed by atoms with Gasteiger partial charge in [-0.2, -0.15) is 0 Å². The molecule has 1 aliphatic heterocycles. The minimum absolute atomic E-state index is 0.165. The number of ether oxygens (including phenoxy) is 3. The van der Waals surface area contributed by atoms with E-state index >= 15 is 0 Å². The number of allylic oxidation sites excluding steroid dienone is 3. The van der Waals surface area contributed by atoms with Crippen molar-refractivity contribution in [2.24, 2.45) is 0 Å². The van der Waals surface area contributed by atoms with Crippen LogP contribution < -0.4 is 4.74 Å². The Hall–Kier alpha value is -1.78. The van der Waals surface area contributed by atoms with Gasteiger partial charge in [-0.25, -0.2) is 0 Å². The Morgan fingerprint density at radius 3 is 2.71 bits per heavy atom. The molecule has 31 heavy (non-hydrogen) atoms. The summed E-state index contributed by atoms with van der Waals surface area (Å²) in [6.07, 6.45) is 14.5. The zero-order chi connectivity index (χ0) is 22.6. The summed E-state index contributed by atoms with van der Waals surface area (Å²) >= 11 is 0. The van der Waals surface area contributed by atoms with E-state index in [2.05, 4.69) is 39.8 Å². The maximum Gasteiger partial charge on any atom is 0.177 e. The third-order valence-electron chi connectivity index (χ3n) is 5.91. The summed E-state index contributed by atoms with van der Waals surface area (Å²) in [7, 11) is 1.57. The Morgan fingerprint density at radius 2 is 1.97 bits per heavy atom. The molecule has 4 heteroatoms. The molecule has 174 valence electrons. The molecule has 2 rings (SSSR count). The Balaban J connectivity index is 1.82. The Labute approximate surface area is 189 Å². The predicted octanol–water partition coefficient (Wildman–Crippen LogP) is 7.11. The van der Waals surface area contributed by atoms with Crippen LogP contribution in [0.15, 0.2) is 41.5 Å². The van der Waals surface area contributed by atoms with Gasteiger partial charge >= 0.3 is 0 Å². The Morgan fingerprint density at radius 1 is 1.16 bits per heavy atom. The topological polar surface area (TPSA) is 47.9 Å². The lowest BCUT2D eigenvalue weighted by molar-refractivity contribution is -0.216. The van der Waals surface area contributed by atoms with Crippen LogP contribution >= 0.6 is 0 Å². The minimum Gasteiger partial charge on any atom is -0.504 e. The van der Waals surface area contributed by atoms with E-state index < -0.39 is 0 Å². The third-order valence-corrected chi connectivity index (χ3v) is 5.91. The number of methoxy groups -OCH3 is 1. The molecule has 1 heterocycles. The molecule has 1 N–H and O–H groups in total. The number of unbranched alkanes of at least 4 members (excludes halogenated alkanes) is 2. The normalized spacial score (nSPS) is 22.5. The zero-order valence-electron chi connectivity index (χ0n) is 20.2. The quantitative estimate of drug-likeness (QED) is 0.284. The average Bonchev–Trinajstić information content (AvgIpc) is 2.73. The van der Waals surface area contributed by atoms with Gasteiger partial charge in [-0.1, -0.05) is 43.1 Å². The fourth-order valence-electron chi connectivity index (χ4n) is 4.02. The molecule has 4 nitrogen and oxygen atoms in total. The summed E-state index contributed by atoms with van der Waals surface area (Å²) in [5, 5.41) is 9.77. The molecule has 0 amide bonds. The van der Waals surface area contributed by atoms with E-state index in [1.165, 1.54) is 36.8 Å². The summed E-state index contributed by atoms with van der Waals surface area (Å²) < 4.78 is 17.5. The fraction of sp³-hybridized carbons (Fsp3) is 0.630. The molecule has 0 aliphatic carbocycles. The first kappa shape index (κ1) is 25.5. The first-order valence-electron chi connectivity index (χ1n) is 11.9. The lowest BCUT2D eigenvalue weighted by Gasteiger charge is -2.33. The first-order chi connectivity index (χ1) is 14.9. The average molecular weight is 431 g/mol. The van der Waals surface area contributed by atoms with Gasteiger partial charge in [0.25, 0.3) is 0 Å². The van der Waals surface area contributed by atoms with Crippen LogP contribution in [0.25, 0.3) is 0 Å². The Kier molecular flexibility index (Phi) is 11.2. The van der Waals surface area contributed by atoms with Crippen molar-refractivity contribution in [1.82, 2.24) is 0 Å². The van der Waals surface area contributed by atoms with Gasteiger partial charge < -0.3 is 19.3 Å². The van der Waals surface area contributed by atoms with Crippen LogP contribution in [0.5, 0.6) is 11.5 Å². The molecule has 0 radical (unpaired) electrons. The summed E-state index contributed by atoms with van der Waals surface area (Å²) in [5.74, 6) is 0.693. The molecule has 0 saturated carbocycles. The molecule has 0 aromatic heterocycles. The van der Waals surface area contributed by atoms with Gasteiger partial charge in [0, 0.05) is 0 Å². The van der Waals surface area contributed by atoms with Crippen LogP contribution in [0.4, 0.5) is 0 Å². The molecule has 0 spiro atoms. The van der Waals surface area contributed by atoms with Gasteiger partial charge in [-0.15, -0.1) is 0 Å². The molecule has 1 fully saturated rings. The summed E-state index contributed by atoms with van der Waals surface area (Å²) in [6.45, 7) is 8.79. The standard InChI is InChI=1S/C27H42O4/c1-6-7-8-10-20(2)11-9-12-21(3)17-27-30-22(4)18-24(31-27)15-13-23-14-16-25(28)26(19-23)29-5/h11,14,16-17,19,22,24,27-28H,6-10,12-13,15,18H2,1-5H3/t22-,24-,27+/m1/s1. The minimum atomic E-state index is -0.266. The smallest absolute Gasteiger partial charge is 0.177 e. The van der Waals surface area contributed by atoms with Crippen molar-refractivity contribution in [3.8, 4) is 11.5 Å². The van der Waals surface area contributed by atoms with Crippen molar-refractivity contribution in [2.45, 2.75) is 104 Å². The number of phenolic OH excluding ortho intramolecular Hbond substituents is 1. The van der Waals surface area contributed by atoms with Crippen LogP contribution in [0.3, 0.4) is 0 Å². The molecule has 1 saturated heterocycles. The predicted molar refractivity (Wildman–Crippen MR) is 128 cm³/mol. The number of hydrogen-bond donors (Lipinski definition) is 1. The van der Waals surface area contributed by atoms with Crippen LogP contribution in [0.2, 0.25) is 0 Å². The molecular weight excluding hydrogens is 388 g/mol. The van der Waals surface area contributed by atoms with Crippen molar-refractivity contribution in [1.29, 1.82) is 0 Å². The highest BCUT2D eigenvalue weighted by molar-refractivity contribution is 5.41. The fourth-order valence-corrected chi connectivity index (χ4v) is 4.02. The van der Waals surface area contributed by atoms with E-state index in [4.69, 9.17) is 14.2 Å². The van der Waals surface area contributed by atoms with E-state index in [1.54, 1.807) is 13.2 Å². The molecule has 1 aromatic rings. The van der Waals surface area contributed by atoms with E-state index in [1.807, 2.05) is 12.1 Å². The van der Waals surface area contributed by atoms with Gasteiger partial charge in [-0.05, 0) is 89.5 Å². The number of phenols is 1. The van der Waals surface area contributed by atoms with Gasteiger partial charge in [0.2, 0.25) is 0 Å². The van der Waals surface area contributed by atoms with E-state index in [0.29, 0.717) is 5.75 Å². The van der Waals surface area contributed by atoms with E-state index in [-0.39, 0.29) is 24.2 Å². The van der Waals surface area contributed by atoms with Gasteiger partial charge in [-0.3, -0.25) is 0 Å². The van der Waals surface area contributed by atoms with Crippen LogP contribution in [-0.4, -0.2) is 30.7 Å². The van der Waals surface area contributed by atoms with Crippen molar-refractivity contribution in [2.75, 3.05) is 7.11 Å². The summed E-state index contributed by atoms with van der Waals surface area (Å²) in [5.41, 5.74) is 3.96. The maximum absolute atomic E-state index is 9.77. The molecular formula is C27H42O4. The lowest BCUT2D eigenvalue weighted by atomic mass is 10.0. The van der Waals surface area contributed by atoms with Crippen LogP contribution in [-0.2, 0) is 15.9 Å². The summed E-state index contributed by atoms with van der Waals surface area (Å²) in [4.78, 5) is 0. The maximum atomic E-state index is 9.77. The molecule has 3 atom stereocenters. The second-order valence-corrected chi connectivity index (χ2v) is 8.91. The SMILES string of the molecule is CCCCCC(C)=CCCC(C)=C[C@@H]1O[C@H](CCc2ccc(O)c(OC)c2)C[C@@H](C)O1. The highest BCUT2D eigenvalue weighted by Crippen LogP contribution is 2.28. The second kappa shape index (κ2) is 13.6. The van der Waals surface area contributed by atoms with E-state index in [9.17, 15) is 5.11 Å². The van der Waals surface area contributed by atoms with Crippen LogP contribution in [0.1, 0.15) is 84.6 Å². The van der Waals surface area contributed by atoms with Gasteiger partial charge in [0.15, 0.2) is 17.8 Å². The van der Waals surface area contributed by atoms with Crippen molar-refractivity contribution in [3.63, 3.8) is 0 Å². The lowest BCUT2D eigenvalue weighted by Crippen LogP contribution is -2.36. The number of rotatable bonds is 12. The molecule has 1 aliphatic rings. The number of aryl methyl sites for hydroxylation is 1. The Bertz CT molecular complexity index is 722. The summed E-state index contributed by atoms with van der Waals surface area (Å²) in [6, 6.07) is 5.54. The van der Waals surface area contributed by atoms with Gasteiger partial charge in [0.1, 0.15) is 0 Å². The molecule has 1 aromatic carbocycles. The highest BCUT2D eigenvalue weighted by atomic mass is 16.7. The zero-order valence-corrected chi connectivity index (χ0v) is 20.2. The molecule has 0 bridgehead atoms. The monoisotopic (exact) mass is 430 g/mol. The van der Waals surface area contributed by atoms with Crippen molar-refractivity contribution >= 4 is 0 Å². The largest absolute Gasteiger partial charge is 0.504 e. The molecule has 0 unspecified atom stereocenters. The van der Waals surface area contributed by atoms with Gasteiger partial charge in [0.05, 0.1) is 19.3 Å². The number of hydrogen-bond acceptors (Lipinski definition) is 4. The van der Waals surface area contributed by atoms with E-state index in [0.717, 1.165) is 37.7 Å². The van der Waals surface area contributed by atoms with Crippen molar-refractivity contribution < 1.29 is 19.3 Å². The number of benzene rings is 1.